The quantitative estimate of drug-likeness (QED) is 0.573. The van der Waals surface area contributed by atoms with Crippen LogP contribution >= 0.6 is 0 Å². The number of hydrogen-bond acceptors (Lipinski definition) is 3. The minimum absolute atomic E-state index is 0.124. The molecule has 28 heavy (non-hydrogen) atoms. The zero-order chi connectivity index (χ0) is 20.7. The van der Waals surface area contributed by atoms with E-state index in [1.807, 2.05) is 0 Å². The molecule has 1 aromatic carbocycles. The van der Waals surface area contributed by atoms with Gasteiger partial charge in [0.15, 0.2) is 0 Å². The van der Waals surface area contributed by atoms with E-state index in [2.05, 4.69) is 19.0 Å². The third-order valence-corrected chi connectivity index (χ3v) is 5.51. The fraction of sp³-hybridized carbons (Fsp3) is 0.667. The topological polar surface area (TPSA) is 32.8 Å². The predicted octanol–water partition coefficient (Wildman–Crippen LogP) is 5.43. The second-order valence-corrected chi connectivity index (χ2v) is 7.97. The molecule has 1 fully saturated rings. The van der Waals surface area contributed by atoms with E-state index < -0.39 is 17.8 Å². The van der Waals surface area contributed by atoms with Gasteiger partial charge in [0.05, 0.1) is 5.56 Å². The summed E-state index contributed by atoms with van der Waals surface area (Å²) < 4.78 is 43.0. The molecule has 0 spiro atoms. The van der Waals surface area contributed by atoms with E-state index in [1.54, 1.807) is 11.9 Å². The molecular formula is C21H31F3N2O2. The number of halogens is 3. The summed E-state index contributed by atoms with van der Waals surface area (Å²) in [6, 6.07) is 4.33. The molecule has 0 unspecified atom stereocenters. The van der Waals surface area contributed by atoms with Crippen LogP contribution in [0.1, 0.15) is 50.5 Å². The highest BCUT2D eigenvalue weighted by molar-refractivity contribution is 5.70. The molecule has 4 nitrogen and oxygen atoms in total. The first-order valence-corrected chi connectivity index (χ1v) is 9.93. The van der Waals surface area contributed by atoms with Gasteiger partial charge in [0.2, 0.25) is 0 Å². The van der Waals surface area contributed by atoms with Crippen molar-refractivity contribution in [2.24, 2.45) is 5.92 Å². The predicted molar refractivity (Wildman–Crippen MR) is 103 cm³/mol. The third-order valence-electron chi connectivity index (χ3n) is 5.51. The zero-order valence-electron chi connectivity index (χ0n) is 17.0. The molecule has 0 aromatic heterocycles. The first kappa shape index (κ1) is 22.5. The summed E-state index contributed by atoms with van der Waals surface area (Å²) >= 11 is 0. The van der Waals surface area contributed by atoms with E-state index in [0.717, 1.165) is 50.3 Å². The Morgan fingerprint density at radius 2 is 1.64 bits per heavy atom. The fourth-order valence-electron chi connectivity index (χ4n) is 3.72. The lowest BCUT2D eigenvalue weighted by Gasteiger charge is -2.34. The normalized spacial score (nSPS) is 20.2. The molecule has 0 atom stereocenters. The number of benzene rings is 1. The van der Waals surface area contributed by atoms with E-state index in [1.165, 1.54) is 31.4 Å². The van der Waals surface area contributed by atoms with Crippen LogP contribution in [0.5, 0.6) is 5.75 Å². The standard InChI is InChI=1S/C21H31F3N2O2/c1-25(2)15-5-4-6-16-7-11-18(12-8-16)26(3)20(27)28-19-13-9-17(10-14-19)21(22,23)24/h9-10,13-14,16,18H,4-8,11-12,15H2,1-3H3/t16-,18-. The van der Waals surface area contributed by atoms with E-state index >= 15 is 0 Å². The number of amides is 1. The molecule has 1 aromatic rings. The summed E-state index contributed by atoms with van der Waals surface area (Å²) in [7, 11) is 5.88. The third kappa shape index (κ3) is 7.00. The SMILES string of the molecule is CN(C)CCCC[C@H]1CC[C@H](N(C)C(=O)Oc2ccc(C(F)(F)F)cc2)CC1. The second kappa shape index (κ2) is 10.1. The zero-order valence-corrected chi connectivity index (χ0v) is 17.0. The summed E-state index contributed by atoms with van der Waals surface area (Å²) in [5.41, 5.74) is -0.760. The Morgan fingerprint density at radius 1 is 1.04 bits per heavy atom. The lowest BCUT2D eigenvalue weighted by Crippen LogP contribution is -2.41. The molecule has 7 heteroatoms. The van der Waals surface area contributed by atoms with Gasteiger partial charge in [-0.15, -0.1) is 0 Å². The molecule has 2 rings (SSSR count). The lowest BCUT2D eigenvalue weighted by molar-refractivity contribution is -0.137. The maximum Gasteiger partial charge on any atom is 0.416 e. The van der Waals surface area contributed by atoms with Crippen LogP contribution in [-0.2, 0) is 6.18 Å². The lowest BCUT2D eigenvalue weighted by atomic mass is 9.82. The number of hydrogen-bond donors (Lipinski definition) is 0. The van der Waals surface area contributed by atoms with Gasteiger partial charge in [0, 0.05) is 13.1 Å². The highest BCUT2D eigenvalue weighted by atomic mass is 19.4. The number of alkyl halides is 3. The van der Waals surface area contributed by atoms with Crippen LogP contribution in [0.25, 0.3) is 0 Å². The highest BCUT2D eigenvalue weighted by Crippen LogP contribution is 2.32. The van der Waals surface area contributed by atoms with Crippen molar-refractivity contribution in [1.29, 1.82) is 0 Å². The van der Waals surface area contributed by atoms with Crippen molar-refractivity contribution >= 4 is 6.09 Å². The number of carbonyl (C=O) groups is 1. The van der Waals surface area contributed by atoms with E-state index in [-0.39, 0.29) is 11.8 Å². The van der Waals surface area contributed by atoms with Crippen molar-refractivity contribution in [3.63, 3.8) is 0 Å². The van der Waals surface area contributed by atoms with E-state index in [4.69, 9.17) is 4.74 Å². The number of rotatable bonds is 7. The van der Waals surface area contributed by atoms with Gasteiger partial charge in [-0.05, 0) is 82.9 Å². The van der Waals surface area contributed by atoms with Crippen molar-refractivity contribution in [2.75, 3.05) is 27.7 Å². The molecule has 0 saturated heterocycles. The second-order valence-electron chi connectivity index (χ2n) is 7.97. The largest absolute Gasteiger partial charge is 0.416 e. The number of carbonyl (C=O) groups excluding carboxylic acids is 1. The van der Waals surface area contributed by atoms with Gasteiger partial charge in [0.1, 0.15) is 5.75 Å². The van der Waals surface area contributed by atoms with E-state index in [0.29, 0.717) is 0 Å². The van der Waals surface area contributed by atoms with Crippen molar-refractivity contribution < 1.29 is 22.7 Å². The molecule has 0 aliphatic heterocycles. The van der Waals surface area contributed by atoms with Gasteiger partial charge in [-0.2, -0.15) is 13.2 Å². The Bertz CT molecular complexity index is 609. The van der Waals surface area contributed by atoms with Crippen molar-refractivity contribution in [3.8, 4) is 5.75 Å². The van der Waals surface area contributed by atoms with Crippen LogP contribution < -0.4 is 4.74 Å². The molecular weight excluding hydrogens is 369 g/mol. The maximum absolute atomic E-state index is 12.6. The van der Waals surface area contributed by atoms with Gasteiger partial charge >= 0.3 is 12.3 Å². The average molecular weight is 400 g/mol. The molecule has 1 aliphatic carbocycles. The Labute approximate surface area is 165 Å². The van der Waals surface area contributed by atoms with Crippen molar-refractivity contribution in [1.82, 2.24) is 9.80 Å². The van der Waals surface area contributed by atoms with Gasteiger partial charge in [-0.25, -0.2) is 4.79 Å². The summed E-state index contributed by atoms with van der Waals surface area (Å²) in [6.07, 6.45) is 2.86. The molecule has 1 amide bonds. The van der Waals surface area contributed by atoms with Crippen LogP contribution in [0.2, 0.25) is 0 Å². The number of unbranched alkanes of at least 4 members (excludes halogenated alkanes) is 1. The monoisotopic (exact) mass is 400 g/mol. The highest BCUT2D eigenvalue weighted by Gasteiger charge is 2.31. The van der Waals surface area contributed by atoms with Crippen LogP contribution in [0.3, 0.4) is 0 Å². The smallest absolute Gasteiger partial charge is 0.410 e. The summed E-state index contributed by atoms with van der Waals surface area (Å²) in [4.78, 5) is 16.1. The minimum atomic E-state index is -4.40. The number of nitrogens with zero attached hydrogens (tertiary/aromatic N) is 2. The van der Waals surface area contributed by atoms with E-state index in [9.17, 15) is 18.0 Å². The number of ether oxygens (including phenoxy) is 1. The molecule has 1 aliphatic rings. The van der Waals surface area contributed by atoms with Gasteiger partial charge < -0.3 is 14.5 Å². The van der Waals surface area contributed by atoms with Crippen LogP contribution in [0.15, 0.2) is 24.3 Å². The first-order valence-electron chi connectivity index (χ1n) is 9.93. The molecule has 0 radical (unpaired) electrons. The minimum Gasteiger partial charge on any atom is -0.410 e. The fourth-order valence-corrected chi connectivity index (χ4v) is 3.72. The van der Waals surface area contributed by atoms with Crippen molar-refractivity contribution in [3.05, 3.63) is 29.8 Å². The van der Waals surface area contributed by atoms with Gasteiger partial charge in [-0.1, -0.05) is 12.8 Å². The van der Waals surface area contributed by atoms with Crippen LogP contribution in [0.4, 0.5) is 18.0 Å². The van der Waals surface area contributed by atoms with Crippen LogP contribution in [0, 0.1) is 5.92 Å². The summed E-state index contributed by atoms with van der Waals surface area (Å²) in [5.74, 6) is 0.845. The molecule has 0 bridgehead atoms. The molecule has 1 saturated carbocycles. The maximum atomic E-state index is 12.6. The molecule has 0 heterocycles. The van der Waals surface area contributed by atoms with Gasteiger partial charge in [0.25, 0.3) is 0 Å². The Kier molecular flexibility index (Phi) is 8.16. The molecule has 158 valence electrons. The Balaban J connectivity index is 1.75. The Morgan fingerprint density at radius 3 is 2.18 bits per heavy atom. The summed E-state index contributed by atoms with van der Waals surface area (Å²) in [6.45, 7) is 1.12. The first-order chi connectivity index (χ1) is 13.2. The summed E-state index contributed by atoms with van der Waals surface area (Å²) in [5, 5.41) is 0. The van der Waals surface area contributed by atoms with Gasteiger partial charge in [-0.3, -0.25) is 0 Å². The average Bonchev–Trinajstić information content (AvgIpc) is 2.64. The Hall–Kier alpha value is -1.76. The van der Waals surface area contributed by atoms with Crippen molar-refractivity contribution in [2.45, 2.75) is 57.2 Å². The van der Waals surface area contributed by atoms with Crippen LogP contribution in [-0.4, -0.2) is 49.6 Å². The molecule has 0 N–H and O–H groups in total.